The van der Waals surface area contributed by atoms with Gasteiger partial charge in [-0.05, 0) is 67.5 Å². The maximum atomic E-state index is 12.7. The Morgan fingerprint density at radius 3 is 2.69 bits per heavy atom. The van der Waals surface area contributed by atoms with Crippen molar-refractivity contribution >= 4 is 27.5 Å². The molecule has 7 nitrogen and oxygen atoms in total. The first-order chi connectivity index (χ1) is 15.3. The third-order valence-corrected chi connectivity index (χ3v) is 7.72. The lowest BCUT2D eigenvalue weighted by atomic mass is 9.88. The highest BCUT2D eigenvalue weighted by Crippen LogP contribution is 2.34. The van der Waals surface area contributed by atoms with Gasteiger partial charge in [0.05, 0.1) is 10.9 Å². The van der Waals surface area contributed by atoms with Crippen molar-refractivity contribution < 1.29 is 18.0 Å². The van der Waals surface area contributed by atoms with Gasteiger partial charge < -0.3 is 10.2 Å². The van der Waals surface area contributed by atoms with Crippen LogP contribution in [0.15, 0.2) is 47.4 Å². The second-order valence-electron chi connectivity index (χ2n) is 8.59. The number of aryl methyl sites for hydroxylation is 1. The summed E-state index contributed by atoms with van der Waals surface area (Å²) in [6.45, 7) is 3.47. The Hall–Kier alpha value is -2.71. The molecular formula is C24H29N3O4S. The highest BCUT2D eigenvalue weighted by atomic mass is 32.2. The number of nitrogens with one attached hydrogen (secondary N) is 2. The van der Waals surface area contributed by atoms with Crippen LogP contribution >= 0.6 is 0 Å². The van der Waals surface area contributed by atoms with E-state index in [-0.39, 0.29) is 41.8 Å². The van der Waals surface area contributed by atoms with E-state index in [1.165, 1.54) is 18.6 Å². The number of hydrogen-bond donors (Lipinski definition) is 2. The van der Waals surface area contributed by atoms with Crippen LogP contribution in [0.5, 0.6) is 0 Å². The van der Waals surface area contributed by atoms with E-state index >= 15 is 0 Å². The zero-order chi connectivity index (χ0) is 22.9. The fraction of sp³-hybridized carbons (Fsp3) is 0.417. The molecule has 2 aliphatic rings. The largest absolute Gasteiger partial charge is 0.349 e. The molecule has 0 saturated carbocycles. The van der Waals surface area contributed by atoms with Crippen LogP contribution in [0.1, 0.15) is 55.8 Å². The van der Waals surface area contributed by atoms with Crippen LogP contribution in [-0.4, -0.2) is 32.8 Å². The van der Waals surface area contributed by atoms with Gasteiger partial charge in [-0.2, -0.15) is 0 Å². The monoisotopic (exact) mass is 455 g/mol. The molecule has 0 radical (unpaired) electrons. The van der Waals surface area contributed by atoms with Gasteiger partial charge in [0.25, 0.3) is 0 Å². The molecule has 2 aromatic rings. The van der Waals surface area contributed by atoms with Crippen LogP contribution in [0.3, 0.4) is 0 Å². The molecule has 0 bridgehead atoms. The number of carbonyl (C=O) groups excluding carboxylic acids is 2. The summed E-state index contributed by atoms with van der Waals surface area (Å²) in [7, 11) is -3.75. The summed E-state index contributed by atoms with van der Waals surface area (Å²) in [6, 6.07) is 12.9. The first kappa shape index (κ1) is 22.5. The summed E-state index contributed by atoms with van der Waals surface area (Å²) < 4.78 is 28.0. The van der Waals surface area contributed by atoms with Crippen LogP contribution in [-0.2, 0) is 32.5 Å². The van der Waals surface area contributed by atoms with Gasteiger partial charge >= 0.3 is 0 Å². The van der Waals surface area contributed by atoms with Gasteiger partial charge in [0.2, 0.25) is 21.8 Å². The summed E-state index contributed by atoms with van der Waals surface area (Å²) in [5.74, 6) is -0.231. The smallest absolute Gasteiger partial charge is 0.240 e. The van der Waals surface area contributed by atoms with E-state index in [0.29, 0.717) is 6.42 Å². The Bertz CT molecular complexity index is 1150. The van der Waals surface area contributed by atoms with Crippen molar-refractivity contribution in [1.82, 2.24) is 10.0 Å². The number of nitrogens with zero attached hydrogens (tertiary/aromatic N) is 1. The SMILES string of the molecule is CC(=O)N1c2ccc(S(=O)(=O)NCCC(=O)N[C@H]3CCCc4ccccc43)cc2C[C@@H]1C. The average molecular weight is 456 g/mol. The lowest BCUT2D eigenvalue weighted by Gasteiger charge is -2.26. The Kier molecular flexibility index (Phi) is 6.35. The molecule has 2 N–H and O–H groups in total. The molecule has 0 fully saturated rings. The van der Waals surface area contributed by atoms with Gasteiger partial charge in [0, 0.05) is 31.6 Å². The third-order valence-electron chi connectivity index (χ3n) is 6.26. The molecule has 1 heterocycles. The van der Waals surface area contributed by atoms with Crippen LogP contribution < -0.4 is 14.9 Å². The second-order valence-corrected chi connectivity index (χ2v) is 10.4. The molecule has 170 valence electrons. The Morgan fingerprint density at radius 1 is 1.12 bits per heavy atom. The molecule has 8 heteroatoms. The van der Waals surface area contributed by atoms with Crippen LogP contribution in [0.25, 0.3) is 0 Å². The van der Waals surface area contributed by atoms with Crippen LogP contribution in [0, 0.1) is 0 Å². The van der Waals surface area contributed by atoms with Crippen LogP contribution in [0.2, 0.25) is 0 Å². The van der Waals surface area contributed by atoms with E-state index in [1.54, 1.807) is 17.0 Å². The molecule has 0 spiro atoms. The molecule has 0 aromatic heterocycles. The molecule has 4 rings (SSSR count). The van der Waals surface area contributed by atoms with Gasteiger partial charge in [0.15, 0.2) is 0 Å². The van der Waals surface area contributed by atoms with Crippen molar-refractivity contribution in [3.05, 3.63) is 59.2 Å². The molecular weight excluding hydrogens is 426 g/mol. The summed E-state index contributed by atoms with van der Waals surface area (Å²) in [6.07, 6.45) is 3.61. The summed E-state index contributed by atoms with van der Waals surface area (Å²) >= 11 is 0. The van der Waals surface area contributed by atoms with Crippen molar-refractivity contribution in [2.24, 2.45) is 0 Å². The van der Waals surface area contributed by atoms with E-state index in [2.05, 4.69) is 16.1 Å². The lowest BCUT2D eigenvalue weighted by Crippen LogP contribution is -2.34. The maximum Gasteiger partial charge on any atom is 0.240 e. The van der Waals surface area contributed by atoms with E-state index in [9.17, 15) is 18.0 Å². The van der Waals surface area contributed by atoms with E-state index in [1.807, 2.05) is 25.1 Å². The molecule has 0 unspecified atom stereocenters. The van der Waals surface area contributed by atoms with Gasteiger partial charge in [-0.15, -0.1) is 0 Å². The fourth-order valence-corrected chi connectivity index (χ4v) is 5.89. The van der Waals surface area contributed by atoms with Crippen molar-refractivity contribution in [2.45, 2.75) is 62.9 Å². The normalized spacial score (nSPS) is 19.9. The zero-order valence-electron chi connectivity index (χ0n) is 18.4. The number of rotatable bonds is 6. The first-order valence-electron chi connectivity index (χ1n) is 11.1. The van der Waals surface area contributed by atoms with Crippen LogP contribution in [0.4, 0.5) is 5.69 Å². The molecule has 1 aliphatic heterocycles. The number of fused-ring (bicyclic) bond motifs is 2. The number of benzene rings is 2. The highest BCUT2D eigenvalue weighted by Gasteiger charge is 2.30. The van der Waals surface area contributed by atoms with E-state index in [4.69, 9.17) is 0 Å². The molecule has 0 saturated heterocycles. The number of hydrogen-bond acceptors (Lipinski definition) is 4. The molecule has 32 heavy (non-hydrogen) atoms. The molecule has 2 amide bonds. The predicted octanol–water partition coefficient (Wildman–Crippen LogP) is 2.85. The van der Waals surface area contributed by atoms with Gasteiger partial charge in [0.1, 0.15) is 0 Å². The predicted molar refractivity (Wildman–Crippen MR) is 123 cm³/mol. The van der Waals surface area contributed by atoms with Gasteiger partial charge in [-0.3, -0.25) is 9.59 Å². The molecule has 1 aliphatic carbocycles. The van der Waals surface area contributed by atoms with Gasteiger partial charge in [-0.1, -0.05) is 24.3 Å². The van der Waals surface area contributed by atoms with Crippen molar-refractivity contribution in [3.63, 3.8) is 0 Å². The zero-order valence-corrected chi connectivity index (χ0v) is 19.2. The maximum absolute atomic E-state index is 12.7. The third kappa shape index (κ3) is 4.56. The molecule has 2 aromatic carbocycles. The van der Waals surface area contributed by atoms with Crippen molar-refractivity contribution in [2.75, 3.05) is 11.4 Å². The summed E-state index contributed by atoms with van der Waals surface area (Å²) in [5, 5.41) is 3.04. The highest BCUT2D eigenvalue weighted by molar-refractivity contribution is 7.89. The molecule has 2 atom stereocenters. The minimum atomic E-state index is -3.75. The second kappa shape index (κ2) is 9.03. The minimum Gasteiger partial charge on any atom is -0.349 e. The Labute approximate surface area is 189 Å². The Morgan fingerprint density at radius 2 is 1.91 bits per heavy atom. The van der Waals surface area contributed by atoms with E-state index in [0.717, 1.165) is 36.1 Å². The minimum absolute atomic E-state index is 0.00188. The standard InChI is InChI=1S/C24H29N3O4S/c1-16-14-19-15-20(10-11-23(19)27(16)17(2)28)32(30,31)25-13-12-24(29)26-22-9-5-7-18-6-3-4-8-21(18)22/h3-4,6,8,10-11,15-16,22,25H,5,7,9,12-14H2,1-2H3,(H,26,29)/t16-,22-/m0/s1. The fourth-order valence-electron chi connectivity index (χ4n) is 4.81. The topological polar surface area (TPSA) is 95.6 Å². The summed E-state index contributed by atoms with van der Waals surface area (Å²) in [5.41, 5.74) is 4.01. The number of anilines is 1. The number of amides is 2. The first-order valence-corrected chi connectivity index (χ1v) is 12.5. The Balaban J connectivity index is 1.35. The number of sulfonamides is 1. The van der Waals surface area contributed by atoms with Gasteiger partial charge in [-0.25, -0.2) is 13.1 Å². The van der Waals surface area contributed by atoms with Crippen molar-refractivity contribution in [1.29, 1.82) is 0 Å². The van der Waals surface area contributed by atoms with E-state index < -0.39 is 10.0 Å². The number of carbonyl (C=O) groups is 2. The lowest BCUT2D eigenvalue weighted by molar-refractivity contribution is -0.121. The summed E-state index contributed by atoms with van der Waals surface area (Å²) in [4.78, 5) is 26.2. The van der Waals surface area contributed by atoms with Crippen molar-refractivity contribution in [3.8, 4) is 0 Å². The quantitative estimate of drug-likeness (QED) is 0.700. The average Bonchev–Trinajstić information content (AvgIpc) is 3.09.